The maximum atomic E-state index is 6.20. The molecule has 6 heteroatoms. The number of likely N-dealkylation sites (N-methyl/N-ethyl adjacent to an activating group) is 1. The van der Waals surface area contributed by atoms with Gasteiger partial charge in [-0.3, -0.25) is 4.98 Å². The van der Waals surface area contributed by atoms with Gasteiger partial charge in [-0.2, -0.15) is 4.98 Å². The van der Waals surface area contributed by atoms with Gasteiger partial charge in [0.15, 0.2) is 0 Å². The van der Waals surface area contributed by atoms with Crippen molar-refractivity contribution < 1.29 is 0 Å². The van der Waals surface area contributed by atoms with Crippen LogP contribution >= 0.6 is 11.6 Å². The third-order valence-electron chi connectivity index (χ3n) is 4.15. The molecule has 0 saturated carbocycles. The van der Waals surface area contributed by atoms with Gasteiger partial charge in [-0.25, -0.2) is 4.98 Å². The van der Waals surface area contributed by atoms with E-state index in [1.54, 1.807) is 0 Å². The normalized spacial score (nSPS) is 10.6. The molecule has 0 aliphatic rings. The van der Waals surface area contributed by atoms with Gasteiger partial charge < -0.3 is 10.2 Å². The van der Waals surface area contributed by atoms with Gasteiger partial charge in [-0.15, -0.1) is 0 Å². The van der Waals surface area contributed by atoms with Crippen molar-refractivity contribution in [1.29, 1.82) is 0 Å². The molecule has 134 valence electrons. The summed E-state index contributed by atoms with van der Waals surface area (Å²) in [6.07, 6.45) is 4.57. The van der Waals surface area contributed by atoms with Crippen molar-refractivity contribution >= 4 is 29.1 Å². The Bertz CT molecular complexity index is 883. The van der Waals surface area contributed by atoms with Gasteiger partial charge in [-0.1, -0.05) is 17.7 Å². The van der Waals surface area contributed by atoms with Gasteiger partial charge in [0.25, 0.3) is 0 Å². The number of hydrogen-bond acceptors (Lipinski definition) is 5. The minimum absolute atomic E-state index is 0.565. The predicted octanol–water partition coefficient (Wildman–Crippen LogP) is 4.56. The average Bonchev–Trinajstić information content (AvgIpc) is 2.63. The molecular formula is C20H22ClN5. The van der Waals surface area contributed by atoms with Gasteiger partial charge in [0.05, 0.1) is 0 Å². The first-order valence-corrected chi connectivity index (χ1v) is 8.88. The highest BCUT2D eigenvalue weighted by molar-refractivity contribution is 6.31. The molecule has 3 rings (SSSR count). The monoisotopic (exact) mass is 367 g/mol. The molecule has 2 aromatic heterocycles. The molecule has 0 saturated heterocycles. The number of benzene rings is 1. The van der Waals surface area contributed by atoms with Crippen LogP contribution in [0.15, 0.2) is 48.8 Å². The van der Waals surface area contributed by atoms with Crippen LogP contribution in [0.25, 0.3) is 0 Å². The molecule has 0 bridgehead atoms. The number of rotatable bonds is 6. The first-order valence-electron chi connectivity index (χ1n) is 8.50. The van der Waals surface area contributed by atoms with Crippen molar-refractivity contribution in [2.45, 2.75) is 20.3 Å². The second-order valence-corrected chi connectivity index (χ2v) is 6.71. The SMILES string of the molecule is Cc1cc(N(C)CCc2ccncc2)nc(Nc2ccc(C)c(Cl)c2)n1. The fourth-order valence-corrected chi connectivity index (χ4v) is 2.74. The molecule has 1 N–H and O–H groups in total. The van der Waals surface area contributed by atoms with Crippen LogP contribution in [0.4, 0.5) is 17.5 Å². The van der Waals surface area contributed by atoms with Crippen LogP contribution in [0.1, 0.15) is 16.8 Å². The molecule has 0 radical (unpaired) electrons. The first kappa shape index (κ1) is 18.1. The van der Waals surface area contributed by atoms with E-state index < -0.39 is 0 Å². The molecule has 0 aliphatic carbocycles. The maximum absolute atomic E-state index is 6.20. The smallest absolute Gasteiger partial charge is 0.229 e. The van der Waals surface area contributed by atoms with Crippen LogP contribution in [-0.4, -0.2) is 28.5 Å². The number of hydrogen-bond donors (Lipinski definition) is 1. The lowest BCUT2D eigenvalue weighted by molar-refractivity contribution is 0.853. The van der Waals surface area contributed by atoms with E-state index in [0.717, 1.165) is 40.8 Å². The fourth-order valence-electron chi connectivity index (χ4n) is 2.56. The lowest BCUT2D eigenvalue weighted by atomic mass is 10.2. The molecule has 5 nitrogen and oxygen atoms in total. The van der Waals surface area contributed by atoms with Crippen molar-refractivity contribution in [1.82, 2.24) is 15.0 Å². The number of anilines is 3. The lowest BCUT2D eigenvalue weighted by Gasteiger charge is -2.19. The van der Waals surface area contributed by atoms with Crippen molar-refractivity contribution in [3.63, 3.8) is 0 Å². The third kappa shape index (κ3) is 4.70. The van der Waals surface area contributed by atoms with E-state index in [9.17, 15) is 0 Å². The van der Waals surface area contributed by atoms with Crippen LogP contribution < -0.4 is 10.2 Å². The zero-order chi connectivity index (χ0) is 18.5. The van der Waals surface area contributed by atoms with Crippen LogP contribution in [0, 0.1) is 13.8 Å². The number of pyridine rings is 1. The Morgan fingerprint density at radius 3 is 2.54 bits per heavy atom. The number of nitrogens with zero attached hydrogens (tertiary/aromatic N) is 4. The van der Waals surface area contributed by atoms with E-state index in [0.29, 0.717) is 5.95 Å². The molecule has 1 aromatic carbocycles. The van der Waals surface area contributed by atoms with E-state index in [-0.39, 0.29) is 0 Å². The van der Waals surface area contributed by atoms with Crippen LogP contribution in [0.3, 0.4) is 0 Å². The van der Waals surface area contributed by atoms with E-state index in [1.165, 1.54) is 5.56 Å². The summed E-state index contributed by atoms with van der Waals surface area (Å²) in [5.41, 5.74) is 4.08. The zero-order valence-electron chi connectivity index (χ0n) is 15.2. The molecule has 2 heterocycles. The highest BCUT2D eigenvalue weighted by Crippen LogP contribution is 2.23. The summed E-state index contributed by atoms with van der Waals surface area (Å²) >= 11 is 6.20. The van der Waals surface area contributed by atoms with E-state index in [1.807, 2.05) is 69.7 Å². The van der Waals surface area contributed by atoms with Gasteiger partial charge in [0.1, 0.15) is 5.82 Å². The summed E-state index contributed by atoms with van der Waals surface area (Å²) in [5, 5.41) is 3.96. The highest BCUT2D eigenvalue weighted by Gasteiger charge is 2.08. The van der Waals surface area contributed by atoms with Gasteiger partial charge in [0, 0.05) is 48.5 Å². The maximum Gasteiger partial charge on any atom is 0.229 e. The topological polar surface area (TPSA) is 53.9 Å². The molecule has 0 aliphatic heterocycles. The Morgan fingerprint density at radius 2 is 1.81 bits per heavy atom. The summed E-state index contributed by atoms with van der Waals surface area (Å²) in [4.78, 5) is 15.3. The van der Waals surface area contributed by atoms with E-state index >= 15 is 0 Å². The van der Waals surface area contributed by atoms with Crippen LogP contribution in [0.2, 0.25) is 5.02 Å². The number of aryl methyl sites for hydroxylation is 2. The second-order valence-electron chi connectivity index (χ2n) is 6.31. The average molecular weight is 368 g/mol. The molecular weight excluding hydrogens is 346 g/mol. The summed E-state index contributed by atoms with van der Waals surface area (Å²) in [7, 11) is 2.04. The first-order chi connectivity index (χ1) is 12.5. The number of aromatic nitrogens is 3. The summed E-state index contributed by atoms with van der Waals surface area (Å²) in [5.74, 6) is 1.45. The molecule has 3 aromatic rings. The molecule has 26 heavy (non-hydrogen) atoms. The zero-order valence-corrected chi connectivity index (χ0v) is 16.0. The van der Waals surface area contributed by atoms with Crippen LogP contribution in [0.5, 0.6) is 0 Å². The van der Waals surface area contributed by atoms with Crippen molar-refractivity contribution in [2.75, 3.05) is 23.8 Å². The molecule has 0 unspecified atom stereocenters. The van der Waals surface area contributed by atoms with Crippen molar-refractivity contribution in [3.8, 4) is 0 Å². The van der Waals surface area contributed by atoms with Gasteiger partial charge >= 0.3 is 0 Å². The van der Waals surface area contributed by atoms with Gasteiger partial charge in [0.2, 0.25) is 5.95 Å². The quantitative estimate of drug-likeness (QED) is 0.691. The second kappa shape index (κ2) is 8.15. The highest BCUT2D eigenvalue weighted by atomic mass is 35.5. The molecule has 0 fully saturated rings. The third-order valence-corrected chi connectivity index (χ3v) is 4.55. The standard InChI is InChI=1S/C20H22ClN5/c1-14-4-5-17(13-18(14)21)24-20-23-15(2)12-19(25-20)26(3)11-8-16-6-9-22-10-7-16/h4-7,9-10,12-13H,8,11H2,1-3H3,(H,23,24,25). The Labute approximate surface area is 159 Å². The fraction of sp³-hybridized carbons (Fsp3) is 0.250. The Balaban J connectivity index is 1.73. The Hall–Kier alpha value is -2.66. The predicted molar refractivity (Wildman–Crippen MR) is 107 cm³/mol. The molecule has 0 spiro atoms. The van der Waals surface area contributed by atoms with Crippen molar-refractivity contribution in [2.24, 2.45) is 0 Å². The summed E-state index contributed by atoms with van der Waals surface area (Å²) in [6, 6.07) is 11.9. The number of halogens is 1. The molecule has 0 atom stereocenters. The number of nitrogens with one attached hydrogen (secondary N) is 1. The minimum Gasteiger partial charge on any atom is -0.359 e. The van der Waals surface area contributed by atoms with E-state index in [2.05, 4.69) is 25.2 Å². The minimum atomic E-state index is 0.565. The van der Waals surface area contributed by atoms with Crippen molar-refractivity contribution in [3.05, 3.63) is 70.6 Å². The largest absolute Gasteiger partial charge is 0.359 e. The lowest BCUT2D eigenvalue weighted by Crippen LogP contribution is -2.22. The Kier molecular flexibility index (Phi) is 5.68. The van der Waals surface area contributed by atoms with Crippen LogP contribution in [-0.2, 0) is 6.42 Å². The summed E-state index contributed by atoms with van der Waals surface area (Å²) in [6.45, 7) is 4.80. The van der Waals surface area contributed by atoms with Gasteiger partial charge in [-0.05, 0) is 55.7 Å². The van der Waals surface area contributed by atoms with E-state index in [4.69, 9.17) is 11.6 Å². The molecule has 0 amide bonds. The summed E-state index contributed by atoms with van der Waals surface area (Å²) < 4.78 is 0. The Morgan fingerprint density at radius 1 is 1.04 bits per heavy atom.